The van der Waals surface area contributed by atoms with Crippen molar-refractivity contribution < 1.29 is 13.2 Å². The normalized spacial score (nSPS) is 11.6. The molecular weight excluding hydrogens is 503 g/mol. The van der Waals surface area contributed by atoms with Crippen LogP contribution in [0.3, 0.4) is 0 Å². The highest BCUT2D eigenvalue weighted by atomic mass is 19.4. The first kappa shape index (κ1) is 25.6. The van der Waals surface area contributed by atoms with Gasteiger partial charge < -0.3 is 0 Å². The number of rotatable bonds is 5. The second-order valence-corrected chi connectivity index (χ2v) is 9.92. The van der Waals surface area contributed by atoms with Crippen LogP contribution in [-0.2, 0) is 12.6 Å². The molecule has 0 saturated heterocycles. The molecule has 6 aromatic rings. The van der Waals surface area contributed by atoms with Gasteiger partial charge >= 0.3 is 6.18 Å². The van der Waals surface area contributed by atoms with E-state index in [-0.39, 0.29) is 0 Å². The van der Waals surface area contributed by atoms with Gasteiger partial charge in [-0.2, -0.15) is 13.2 Å². The quantitative estimate of drug-likeness (QED) is 0.216. The van der Waals surface area contributed by atoms with Crippen LogP contribution in [-0.4, -0.2) is 4.98 Å². The van der Waals surface area contributed by atoms with E-state index in [0.29, 0.717) is 17.5 Å². The van der Waals surface area contributed by atoms with Crippen molar-refractivity contribution in [1.29, 1.82) is 0 Å². The van der Waals surface area contributed by atoms with Crippen LogP contribution in [0.5, 0.6) is 0 Å². The minimum Gasteiger partial charge on any atom is -0.256 e. The average molecular weight is 530 g/mol. The van der Waals surface area contributed by atoms with Crippen molar-refractivity contribution in [3.8, 4) is 44.6 Å². The molecule has 0 fully saturated rings. The summed E-state index contributed by atoms with van der Waals surface area (Å²) in [5.74, 6) is 0. The Balaban J connectivity index is 1.29. The van der Waals surface area contributed by atoms with Crippen LogP contribution < -0.4 is 0 Å². The van der Waals surface area contributed by atoms with Crippen LogP contribution in [0.15, 0.2) is 128 Å². The van der Waals surface area contributed by atoms with Gasteiger partial charge in [-0.3, -0.25) is 4.98 Å². The highest BCUT2D eigenvalue weighted by Crippen LogP contribution is 2.35. The molecule has 6 rings (SSSR count). The van der Waals surface area contributed by atoms with Crippen LogP contribution in [0.1, 0.15) is 18.1 Å². The lowest BCUT2D eigenvalue weighted by Crippen LogP contribution is -2.06. The average Bonchev–Trinajstić information content (AvgIpc) is 3.00. The number of pyridine rings is 1. The summed E-state index contributed by atoms with van der Waals surface area (Å²) < 4.78 is 40.3. The highest BCUT2D eigenvalue weighted by molar-refractivity contribution is 5.91. The van der Waals surface area contributed by atoms with Gasteiger partial charge in [0.25, 0.3) is 0 Å². The van der Waals surface area contributed by atoms with Crippen molar-refractivity contribution in [3.05, 3.63) is 139 Å². The summed E-state index contributed by atoms with van der Waals surface area (Å²) in [7, 11) is 0. The molecule has 0 radical (unpaired) electrons. The monoisotopic (exact) mass is 529 g/mol. The van der Waals surface area contributed by atoms with Crippen molar-refractivity contribution in [3.63, 3.8) is 0 Å². The molecule has 0 aliphatic carbocycles. The van der Waals surface area contributed by atoms with E-state index in [2.05, 4.69) is 65.6 Å². The van der Waals surface area contributed by atoms with E-state index < -0.39 is 11.7 Å². The van der Waals surface area contributed by atoms with Crippen LogP contribution in [0.25, 0.3) is 55.4 Å². The van der Waals surface area contributed by atoms with Gasteiger partial charge in [0.15, 0.2) is 0 Å². The van der Waals surface area contributed by atoms with E-state index in [1.54, 1.807) is 6.20 Å². The van der Waals surface area contributed by atoms with Gasteiger partial charge in [0.1, 0.15) is 0 Å². The maximum absolute atomic E-state index is 13.4. The molecule has 4 heteroatoms. The van der Waals surface area contributed by atoms with Crippen molar-refractivity contribution >= 4 is 10.8 Å². The molecule has 1 aromatic heterocycles. The van der Waals surface area contributed by atoms with Gasteiger partial charge in [-0.1, -0.05) is 91.9 Å². The lowest BCUT2D eigenvalue weighted by molar-refractivity contribution is -0.137. The fourth-order valence-electron chi connectivity index (χ4n) is 5.05. The standard InChI is InChI=1S/C36H26F3N/c1-2-24-19-32(23-34(20-24)36(37,38)39)27-8-6-25(7-9-27)30-16-12-28-13-17-31(22-33(28)21-30)26-10-14-29(15-11-26)35-5-3-4-18-40-35/h3-23H,2H2,1H3. The zero-order valence-electron chi connectivity index (χ0n) is 21.9. The SMILES string of the molecule is CCc1cc(-c2ccc(-c3ccc4ccc(-c5ccc(-c6ccccn6)cc5)cc4c3)cc2)cc(C(F)(F)F)c1. The Kier molecular flexibility index (Phi) is 6.69. The fourth-order valence-corrected chi connectivity index (χ4v) is 5.05. The lowest BCUT2D eigenvalue weighted by Gasteiger charge is -2.12. The Bertz CT molecular complexity index is 1790. The summed E-state index contributed by atoms with van der Waals surface area (Å²) in [5, 5.41) is 2.27. The maximum atomic E-state index is 13.4. The molecule has 0 atom stereocenters. The summed E-state index contributed by atoms with van der Waals surface area (Å²) in [6, 6.07) is 39.2. The lowest BCUT2D eigenvalue weighted by atomic mass is 9.95. The zero-order valence-corrected chi connectivity index (χ0v) is 21.9. The molecule has 1 nitrogen and oxygen atoms in total. The molecule has 5 aromatic carbocycles. The number of nitrogens with zero attached hydrogens (tertiary/aromatic N) is 1. The summed E-state index contributed by atoms with van der Waals surface area (Å²) >= 11 is 0. The minimum atomic E-state index is -4.37. The molecule has 0 N–H and O–H groups in total. The number of fused-ring (bicyclic) bond motifs is 1. The molecule has 0 aliphatic heterocycles. The Morgan fingerprint density at radius 1 is 0.525 bits per heavy atom. The molecule has 0 bridgehead atoms. The number of aromatic nitrogens is 1. The van der Waals surface area contributed by atoms with Crippen LogP contribution >= 0.6 is 0 Å². The minimum absolute atomic E-state index is 0.544. The fraction of sp³-hybridized carbons (Fsp3) is 0.0833. The highest BCUT2D eigenvalue weighted by Gasteiger charge is 2.31. The van der Waals surface area contributed by atoms with Crippen LogP contribution in [0, 0.1) is 0 Å². The number of hydrogen-bond donors (Lipinski definition) is 0. The smallest absolute Gasteiger partial charge is 0.256 e. The Morgan fingerprint density at radius 2 is 1.07 bits per heavy atom. The first-order valence-electron chi connectivity index (χ1n) is 13.2. The molecule has 1 heterocycles. The van der Waals surface area contributed by atoms with Gasteiger partial charge in [0.2, 0.25) is 0 Å². The molecule has 0 unspecified atom stereocenters. The Hall–Kier alpha value is -4.70. The van der Waals surface area contributed by atoms with Crippen molar-refractivity contribution in [2.45, 2.75) is 19.5 Å². The third-order valence-corrected chi connectivity index (χ3v) is 7.30. The first-order valence-corrected chi connectivity index (χ1v) is 13.2. The number of benzene rings is 5. The largest absolute Gasteiger partial charge is 0.416 e. The van der Waals surface area contributed by atoms with E-state index in [1.807, 2.05) is 55.5 Å². The van der Waals surface area contributed by atoms with Crippen molar-refractivity contribution in [2.75, 3.05) is 0 Å². The topological polar surface area (TPSA) is 12.9 Å². The first-order chi connectivity index (χ1) is 19.4. The van der Waals surface area contributed by atoms with Crippen LogP contribution in [0.2, 0.25) is 0 Å². The molecule has 0 aliphatic rings. The van der Waals surface area contributed by atoms with Crippen LogP contribution in [0.4, 0.5) is 13.2 Å². The van der Waals surface area contributed by atoms with Crippen molar-refractivity contribution in [2.24, 2.45) is 0 Å². The van der Waals surface area contributed by atoms with Gasteiger partial charge in [-0.05, 0) is 92.5 Å². The number of hydrogen-bond acceptors (Lipinski definition) is 1. The molecule has 40 heavy (non-hydrogen) atoms. The second kappa shape index (κ2) is 10.5. The molecule has 0 spiro atoms. The second-order valence-electron chi connectivity index (χ2n) is 9.92. The summed E-state index contributed by atoms with van der Waals surface area (Å²) in [5.41, 5.74) is 7.76. The number of alkyl halides is 3. The van der Waals surface area contributed by atoms with Gasteiger partial charge in [0.05, 0.1) is 11.3 Å². The molecule has 0 saturated carbocycles. The predicted octanol–water partition coefficient (Wildman–Crippen LogP) is 10.5. The Morgan fingerprint density at radius 3 is 1.60 bits per heavy atom. The molecule has 196 valence electrons. The summed E-state index contributed by atoms with van der Waals surface area (Å²) in [6.45, 7) is 1.87. The zero-order chi connectivity index (χ0) is 27.7. The van der Waals surface area contributed by atoms with Crippen molar-refractivity contribution in [1.82, 2.24) is 4.98 Å². The van der Waals surface area contributed by atoms with Gasteiger partial charge in [0, 0.05) is 11.8 Å². The Labute approximate surface area is 231 Å². The van der Waals surface area contributed by atoms with Gasteiger partial charge in [-0.25, -0.2) is 0 Å². The maximum Gasteiger partial charge on any atom is 0.416 e. The molecule has 0 amide bonds. The van der Waals surface area contributed by atoms with E-state index in [0.717, 1.165) is 49.8 Å². The van der Waals surface area contributed by atoms with Gasteiger partial charge in [-0.15, -0.1) is 0 Å². The summed E-state index contributed by atoms with van der Waals surface area (Å²) in [4.78, 5) is 4.43. The third-order valence-electron chi connectivity index (χ3n) is 7.30. The predicted molar refractivity (Wildman–Crippen MR) is 158 cm³/mol. The third kappa shape index (κ3) is 5.26. The summed E-state index contributed by atoms with van der Waals surface area (Å²) in [6.07, 6.45) is -2.03. The number of aryl methyl sites for hydroxylation is 1. The van der Waals surface area contributed by atoms with E-state index >= 15 is 0 Å². The van der Waals surface area contributed by atoms with E-state index in [9.17, 15) is 13.2 Å². The molecular formula is C36H26F3N. The number of halogens is 3. The van der Waals surface area contributed by atoms with E-state index in [1.165, 1.54) is 12.1 Å². The van der Waals surface area contributed by atoms with E-state index in [4.69, 9.17) is 0 Å².